The molecule has 5 nitrogen and oxygen atoms in total. The summed E-state index contributed by atoms with van der Waals surface area (Å²) in [6.45, 7) is 0. The Morgan fingerprint density at radius 2 is 2.06 bits per heavy atom. The van der Waals surface area contributed by atoms with E-state index in [0.29, 0.717) is 0 Å². The summed E-state index contributed by atoms with van der Waals surface area (Å²) in [5.74, 6) is -0.716. The summed E-state index contributed by atoms with van der Waals surface area (Å²) in [4.78, 5) is 3.68. The Morgan fingerprint density at radius 3 is 2.61 bits per heavy atom. The summed E-state index contributed by atoms with van der Waals surface area (Å²) in [7, 11) is -3.87. The van der Waals surface area contributed by atoms with Crippen LogP contribution >= 0.6 is 0 Å². The maximum Gasteiger partial charge on any atom is 0.389 e. The van der Waals surface area contributed by atoms with Crippen molar-refractivity contribution < 1.29 is 21.6 Å². The Kier molecular flexibility index (Phi) is 4.38. The molecule has 0 atom stereocenters. The first-order valence-electron chi connectivity index (χ1n) is 4.97. The van der Waals surface area contributed by atoms with Crippen molar-refractivity contribution in [2.24, 2.45) is 0 Å². The highest BCUT2D eigenvalue weighted by Gasteiger charge is 2.27. The van der Waals surface area contributed by atoms with Gasteiger partial charge in [-0.05, 0) is 18.6 Å². The van der Waals surface area contributed by atoms with Crippen LogP contribution in [0.4, 0.5) is 24.7 Å². The number of nitrogens with one attached hydrogen (secondary N) is 1. The number of halogens is 3. The molecule has 0 saturated heterocycles. The molecule has 102 valence electrons. The van der Waals surface area contributed by atoms with E-state index in [9.17, 15) is 21.6 Å². The van der Waals surface area contributed by atoms with Gasteiger partial charge in [0.05, 0.1) is 11.4 Å². The lowest BCUT2D eigenvalue weighted by atomic mass is 10.3. The summed E-state index contributed by atoms with van der Waals surface area (Å²) in [6, 6.07) is 2.94. The smallest absolute Gasteiger partial charge is 0.389 e. The highest BCUT2D eigenvalue weighted by atomic mass is 32.2. The minimum atomic E-state index is -4.36. The van der Waals surface area contributed by atoms with Gasteiger partial charge in [0.1, 0.15) is 0 Å². The molecule has 0 saturated carbocycles. The second-order valence-electron chi connectivity index (χ2n) is 3.58. The summed E-state index contributed by atoms with van der Waals surface area (Å²) >= 11 is 0. The average Bonchev–Trinajstić information content (AvgIpc) is 2.18. The van der Waals surface area contributed by atoms with Crippen molar-refractivity contribution in [3.63, 3.8) is 0 Å². The van der Waals surface area contributed by atoms with Gasteiger partial charge < -0.3 is 5.73 Å². The van der Waals surface area contributed by atoms with Crippen molar-refractivity contribution >= 4 is 21.5 Å². The lowest BCUT2D eigenvalue weighted by Gasteiger charge is -2.09. The Hall–Kier alpha value is -1.51. The molecule has 0 unspecified atom stereocenters. The van der Waals surface area contributed by atoms with Crippen LogP contribution in [0.3, 0.4) is 0 Å². The number of sulfonamides is 1. The van der Waals surface area contributed by atoms with Crippen molar-refractivity contribution in [3.8, 4) is 0 Å². The van der Waals surface area contributed by atoms with Gasteiger partial charge in [-0.25, -0.2) is 13.4 Å². The number of rotatable bonds is 5. The fraction of sp³-hybridized carbons (Fsp3) is 0.444. The first-order chi connectivity index (χ1) is 8.20. The lowest BCUT2D eigenvalue weighted by molar-refractivity contribution is -0.134. The summed E-state index contributed by atoms with van der Waals surface area (Å²) < 4.78 is 60.6. The van der Waals surface area contributed by atoms with E-state index in [-0.39, 0.29) is 11.5 Å². The molecule has 0 aliphatic heterocycles. The Bertz CT molecular complexity index is 502. The third-order valence-corrected chi connectivity index (χ3v) is 3.29. The van der Waals surface area contributed by atoms with Gasteiger partial charge in [-0.2, -0.15) is 13.2 Å². The van der Waals surface area contributed by atoms with Crippen LogP contribution in [0, 0.1) is 0 Å². The van der Waals surface area contributed by atoms with Crippen LogP contribution in [0.25, 0.3) is 0 Å². The Morgan fingerprint density at radius 1 is 1.39 bits per heavy atom. The Balaban J connectivity index is 2.58. The zero-order valence-electron chi connectivity index (χ0n) is 9.24. The Labute approximate surface area is 102 Å². The monoisotopic (exact) mass is 283 g/mol. The molecular formula is C9H12F3N3O2S. The number of nitrogen functional groups attached to an aromatic ring is 1. The largest absolute Gasteiger partial charge is 0.396 e. The van der Waals surface area contributed by atoms with E-state index in [1.54, 1.807) is 0 Å². The van der Waals surface area contributed by atoms with Crippen LogP contribution in [0.1, 0.15) is 12.8 Å². The van der Waals surface area contributed by atoms with Crippen LogP contribution in [0.2, 0.25) is 0 Å². The molecule has 0 fully saturated rings. The molecule has 18 heavy (non-hydrogen) atoms. The minimum Gasteiger partial charge on any atom is -0.396 e. The highest BCUT2D eigenvalue weighted by Crippen LogP contribution is 2.22. The second-order valence-corrected chi connectivity index (χ2v) is 5.42. The summed E-state index contributed by atoms with van der Waals surface area (Å²) in [6.07, 6.45) is -4.69. The predicted molar refractivity (Wildman–Crippen MR) is 61.3 cm³/mol. The molecule has 0 spiro atoms. The first-order valence-corrected chi connectivity index (χ1v) is 6.62. The van der Waals surface area contributed by atoms with E-state index in [2.05, 4.69) is 4.98 Å². The number of nitrogens with zero attached hydrogens (tertiary/aromatic N) is 1. The lowest BCUT2D eigenvalue weighted by Crippen LogP contribution is -2.20. The fourth-order valence-electron chi connectivity index (χ4n) is 1.16. The molecule has 0 radical (unpaired) electrons. The van der Waals surface area contributed by atoms with Crippen LogP contribution in [-0.4, -0.2) is 25.3 Å². The van der Waals surface area contributed by atoms with Crippen LogP contribution in [0.15, 0.2) is 18.3 Å². The van der Waals surface area contributed by atoms with Gasteiger partial charge in [0.2, 0.25) is 10.0 Å². The number of pyridine rings is 1. The number of alkyl halides is 3. The molecular weight excluding hydrogens is 271 g/mol. The van der Waals surface area contributed by atoms with Crippen LogP contribution in [-0.2, 0) is 10.0 Å². The van der Waals surface area contributed by atoms with E-state index < -0.39 is 34.8 Å². The first kappa shape index (κ1) is 14.6. The molecule has 0 amide bonds. The number of hydrogen-bond donors (Lipinski definition) is 2. The molecule has 1 aromatic rings. The SMILES string of the molecule is Nc1cccnc1NS(=O)(=O)CCCC(F)(F)F. The molecule has 1 heterocycles. The molecule has 1 aromatic heterocycles. The van der Waals surface area contributed by atoms with Crippen molar-refractivity contribution in [2.75, 3.05) is 16.2 Å². The number of hydrogen-bond acceptors (Lipinski definition) is 4. The number of nitrogens with two attached hydrogens (primary N) is 1. The second kappa shape index (κ2) is 5.42. The maximum atomic E-state index is 11.9. The predicted octanol–water partition coefficient (Wildman–Crippen LogP) is 1.75. The zero-order chi connectivity index (χ0) is 13.8. The van der Waals surface area contributed by atoms with Gasteiger partial charge >= 0.3 is 6.18 Å². The maximum absolute atomic E-state index is 11.9. The van der Waals surface area contributed by atoms with Gasteiger partial charge in [0.15, 0.2) is 5.82 Å². The summed E-state index contributed by atoms with van der Waals surface area (Å²) in [5.41, 5.74) is 5.56. The molecule has 3 N–H and O–H groups in total. The van der Waals surface area contributed by atoms with Gasteiger partial charge in [0.25, 0.3) is 0 Å². The normalized spacial score (nSPS) is 12.4. The molecule has 0 aliphatic carbocycles. The van der Waals surface area contributed by atoms with Gasteiger partial charge in [-0.3, -0.25) is 4.72 Å². The number of aromatic nitrogens is 1. The van der Waals surface area contributed by atoms with Gasteiger partial charge in [-0.1, -0.05) is 0 Å². The van der Waals surface area contributed by atoms with E-state index in [0.717, 1.165) is 0 Å². The van der Waals surface area contributed by atoms with Gasteiger partial charge in [0, 0.05) is 12.6 Å². The number of anilines is 2. The van der Waals surface area contributed by atoms with Crippen LogP contribution in [0.5, 0.6) is 0 Å². The summed E-state index contributed by atoms with van der Waals surface area (Å²) in [5, 5.41) is 0. The van der Waals surface area contributed by atoms with Crippen molar-refractivity contribution in [3.05, 3.63) is 18.3 Å². The van der Waals surface area contributed by atoms with Crippen molar-refractivity contribution in [2.45, 2.75) is 19.0 Å². The molecule has 0 bridgehead atoms. The molecule has 0 aromatic carbocycles. The third-order valence-electron chi connectivity index (χ3n) is 1.96. The average molecular weight is 283 g/mol. The minimum absolute atomic E-state index is 0.0792. The highest BCUT2D eigenvalue weighted by molar-refractivity contribution is 7.92. The fourth-order valence-corrected chi connectivity index (χ4v) is 2.26. The standard InChI is InChI=1S/C9H12F3N3O2S/c10-9(11,12)4-2-6-18(16,17)15-8-7(13)3-1-5-14-8/h1,3,5H,2,4,6,13H2,(H,14,15). The van der Waals surface area contributed by atoms with Gasteiger partial charge in [-0.15, -0.1) is 0 Å². The molecule has 1 rings (SSSR count). The van der Waals surface area contributed by atoms with E-state index in [4.69, 9.17) is 5.73 Å². The third kappa shape index (κ3) is 5.21. The zero-order valence-corrected chi connectivity index (χ0v) is 10.1. The van der Waals surface area contributed by atoms with Crippen LogP contribution < -0.4 is 10.5 Å². The quantitative estimate of drug-likeness (QED) is 0.862. The van der Waals surface area contributed by atoms with E-state index >= 15 is 0 Å². The van der Waals surface area contributed by atoms with Crippen molar-refractivity contribution in [1.29, 1.82) is 0 Å². The molecule has 0 aliphatic rings. The van der Waals surface area contributed by atoms with E-state index in [1.165, 1.54) is 18.3 Å². The molecule has 9 heteroatoms. The van der Waals surface area contributed by atoms with E-state index in [1.807, 2.05) is 4.72 Å². The topological polar surface area (TPSA) is 85.1 Å². The van der Waals surface area contributed by atoms with Crippen molar-refractivity contribution in [1.82, 2.24) is 4.98 Å².